The summed E-state index contributed by atoms with van der Waals surface area (Å²) >= 11 is 0. The Morgan fingerprint density at radius 3 is 2.61 bits per heavy atom. The molecule has 0 unspecified atom stereocenters. The highest BCUT2D eigenvalue weighted by atomic mass is 16.2. The third-order valence-electron chi connectivity index (χ3n) is 3.61. The second kappa shape index (κ2) is 5.80. The zero-order chi connectivity index (χ0) is 13.0. The topological polar surface area (TPSA) is 58.1 Å². The van der Waals surface area contributed by atoms with Crippen LogP contribution in [-0.2, 0) is 0 Å². The Hall–Kier alpha value is -1.65. The predicted octanol–water partition coefficient (Wildman–Crippen LogP) is 1.78. The second-order valence-corrected chi connectivity index (χ2v) is 4.68. The summed E-state index contributed by atoms with van der Waals surface area (Å²) in [5.74, 6) is 1.45. The molecular formula is C13H20N4O. The van der Waals surface area contributed by atoms with Crippen LogP contribution in [0.25, 0.3) is 0 Å². The first kappa shape index (κ1) is 12.8. The van der Waals surface area contributed by atoms with Gasteiger partial charge in [0, 0.05) is 20.1 Å². The average Bonchev–Trinajstić information content (AvgIpc) is 2.47. The van der Waals surface area contributed by atoms with E-state index in [4.69, 9.17) is 0 Å². The van der Waals surface area contributed by atoms with E-state index < -0.39 is 0 Å². The molecule has 1 amide bonds. The van der Waals surface area contributed by atoms with Crippen molar-refractivity contribution in [2.75, 3.05) is 25.5 Å². The molecule has 0 spiro atoms. The van der Waals surface area contributed by atoms with Crippen molar-refractivity contribution in [3.8, 4) is 0 Å². The fourth-order valence-corrected chi connectivity index (χ4v) is 2.27. The number of hydrogen-bond acceptors (Lipinski definition) is 4. The molecule has 1 fully saturated rings. The van der Waals surface area contributed by atoms with Gasteiger partial charge < -0.3 is 10.2 Å². The van der Waals surface area contributed by atoms with Crippen molar-refractivity contribution in [2.24, 2.45) is 5.92 Å². The third-order valence-corrected chi connectivity index (χ3v) is 3.61. The van der Waals surface area contributed by atoms with Gasteiger partial charge in [0.05, 0.1) is 12.4 Å². The maximum absolute atomic E-state index is 12.2. The summed E-state index contributed by atoms with van der Waals surface area (Å²) in [6, 6.07) is 0. The van der Waals surface area contributed by atoms with Gasteiger partial charge in [-0.05, 0) is 18.8 Å². The lowest BCUT2D eigenvalue weighted by Gasteiger charge is -2.31. The lowest BCUT2D eigenvalue weighted by atomic mass is 9.94. The zero-order valence-corrected chi connectivity index (χ0v) is 11.0. The Morgan fingerprint density at radius 2 is 2.11 bits per heavy atom. The fourth-order valence-electron chi connectivity index (χ4n) is 2.27. The Balaban J connectivity index is 1.98. The Kier molecular flexibility index (Phi) is 4.12. The minimum absolute atomic E-state index is 0.000272. The predicted molar refractivity (Wildman–Crippen MR) is 70.5 cm³/mol. The molecule has 98 valence electrons. The number of rotatable bonds is 3. The lowest BCUT2D eigenvalue weighted by molar-refractivity contribution is 0.0682. The minimum Gasteiger partial charge on any atom is -0.372 e. The zero-order valence-electron chi connectivity index (χ0n) is 11.0. The van der Waals surface area contributed by atoms with E-state index in [0.29, 0.717) is 11.5 Å². The molecule has 5 nitrogen and oxygen atoms in total. The first-order chi connectivity index (χ1) is 8.74. The quantitative estimate of drug-likeness (QED) is 0.886. The van der Waals surface area contributed by atoms with Gasteiger partial charge in [-0.1, -0.05) is 13.3 Å². The van der Waals surface area contributed by atoms with Crippen LogP contribution in [0.4, 0.5) is 5.82 Å². The van der Waals surface area contributed by atoms with Crippen molar-refractivity contribution in [3.05, 3.63) is 18.1 Å². The van der Waals surface area contributed by atoms with E-state index in [2.05, 4.69) is 22.2 Å². The van der Waals surface area contributed by atoms with Crippen molar-refractivity contribution in [2.45, 2.75) is 26.2 Å². The van der Waals surface area contributed by atoms with E-state index >= 15 is 0 Å². The SMILES string of the molecule is CCC1CCN(C(=O)c2cnc(NC)cn2)CC1. The molecule has 2 rings (SSSR count). The van der Waals surface area contributed by atoms with Crippen LogP contribution in [0.5, 0.6) is 0 Å². The van der Waals surface area contributed by atoms with Crippen molar-refractivity contribution >= 4 is 11.7 Å². The number of carbonyl (C=O) groups is 1. The maximum Gasteiger partial charge on any atom is 0.274 e. The Bertz CT molecular complexity index is 396. The van der Waals surface area contributed by atoms with Gasteiger partial charge in [-0.25, -0.2) is 9.97 Å². The van der Waals surface area contributed by atoms with Crippen molar-refractivity contribution < 1.29 is 4.79 Å². The Morgan fingerprint density at radius 1 is 1.39 bits per heavy atom. The number of nitrogens with zero attached hydrogens (tertiary/aromatic N) is 3. The van der Waals surface area contributed by atoms with Crippen LogP contribution in [0, 0.1) is 5.92 Å². The number of amides is 1. The summed E-state index contributed by atoms with van der Waals surface area (Å²) in [6.45, 7) is 3.89. The first-order valence-electron chi connectivity index (χ1n) is 6.53. The molecule has 0 bridgehead atoms. The molecule has 0 atom stereocenters. The largest absolute Gasteiger partial charge is 0.372 e. The van der Waals surface area contributed by atoms with Gasteiger partial charge in [0.15, 0.2) is 0 Å². The molecular weight excluding hydrogens is 228 g/mol. The van der Waals surface area contributed by atoms with E-state index in [1.54, 1.807) is 19.4 Å². The smallest absolute Gasteiger partial charge is 0.274 e. The molecule has 0 saturated carbocycles. The van der Waals surface area contributed by atoms with Crippen LogP contribution in [0.2, 0.25) is 0 Å². The average molecular weight is 248 g/mol. The Labute approximate surface area is 108 Å². The van der Waals surface area contributed by atoms with E-state index in [0.717, 1.165) is 31.8 Å². The van der Waals surface area contributed by atoms with Gasteiger partial charge in [-0.3, -0.25) is 4.79 Å². The van der Waals surface area contributed by atoms with E-state index in [9.17, 15) is 4.79 Å². The molecule has 0 aliphatic carbocycles. The summed E-state index contributed by atoms with van der Waals surface area (Å²) in [6.07, 6.45) is 6.54. The fraction of sp³-hybridized carbons (Fsp3) is 0.615. The molecule has 1 aliphatic heterocycles. The monoisotopic (exact) mass is 248 g/mol. The summed E-state index contributed by atoms with van der Waals surface area (Å²) in [5.41, 5.74) is 0.434. The van der Waals surface area contributed by atoms with Gasteiger partial charge in [0.25, 0.3) is 5.91 Å². The summed E-state index contributed by atoms with van der Waals surface area (Å²) in [4.78, 5) is 22.4. The van der Waals surface area contributed by atoms with Crippen LogP contribution < -0.4 is 5.32 Å². The molecule has 0 aromatic carbocycles. The van der Waals surface area contributed by atoms with Crippen LogP contribution in [-0.4, -0.2) is 40.9 Å². The second-order valence-electron chi connectivity index (χ2n) is 4.68. The first-order valence-corrected chi connectivity index (χ1v) is 6.53. The van der Waals surface area contributed by atoms with Crippen LogP contribution in [0.1, 0.15) is 36.7 Å². The molecule has 5 heteroatoms. The highest BCUT2D eigenvalue weighted by molar-refractivity contribution is 5.92. The molecule has 0 radical (unpaired) electrons. The van der Waals surface area contributed by atoms with Gasteiger partial charge in [-0.15, -0.1) is 0 Å². The number of anilines is 1. The van der Waals surface area contributed by atoms with Crippen LogP contribution >= 0.6 is 0 Å². The number of piperidine rings is 1. The highest BCUT2D eigenvalue weighted by Gasteiger charge is 2.23. The highest BCUT2D eigenvalue weighted by Crippen LogP contribution is 2.20. The maximum atomic E-state index is 12.2. The molecule has 1 aliphatic rings. The molecule has 1 N–H and O–H groups in total. The minimum atomic E-state index is -0.000272. The summed E-state index contributed by atoms with van der Waals surface area (Å²) in [7, 11) is 1.78. The van der Waals surface area contributed by atoms with Crippen LogP contribution in [0.3, 0.4) is 0 Å². The molecule has 1 aromatic rings. The lowest BCUT2D eigenvalue weighted by Crippen LogP contribution is -2.38. The van der Waals surface area contributed by atoms with E-state index in [-0.39, 0.29) is 5.91 Å². The number of likely N-dealkylation sites (tertiary alicyclic amines) is 1. The molecule has 1 saturated heterocycles. The van der Waals surface area contributed by atoms with Gasteiger partial charge in [-0.2, -0.15) is 0 Å². The van der Waals surface area contributed by atoms with Crippen molar-refractivity contribution in [1.29, 1.82) is 0 Å². The number of aromatic nitrogens is 2. The van der Waals surface area contributed by atoms with Gasteiger partial charge in [0.1, 0.15) is 11.5 Å². The molecule has 2 heterocycles. The number of nitrogens with one attached hydrogen (secondary N) is 1. The molecule has 18 heavy (non-hydrogen) atoms. The summed E-state index contributed by atoms with van der Waals surface area (Å²) in [5, 5.41) is 2.89. The molecule has 1 aromatic heterocycles. The van der Waals surface area contributed by atoms with Crippen molar-refractivity contribution in [3.63, 3.8) is 0 Å². The number of carbonyl (C=O) groups excluding carboxylic acids is 1. The third kappa shape index (κ3) is 2.78. The number of hydrogen-bond donors (Lipinski definition) is 1. The standard InChI is InChI=1S/C13H20N4O/c1-3-10-4-6-17(7-5-10)13(18)11-8-16-12(14-2)9-15-11/h8-10H,3-7H2,1-2H3,(H,14,16). The van der Waals surface area contributed by atoms with E-state index in [1.165, 1.54) is 6.42 Å². The summed E-state index contributed by atoms with van der Waals surface area (Å²) < 4.78 is 0. The van der Waals surface area contributed by atoms with Crippen LogP contribution in [0.15, 0.2) is 12.4 Å². The van der Waals surface area contributed by atoms with Crippen molar-refractivity contribution in [1.82, 2.24) is 14.9 Å². The van der Waals surface area contributed by atoms with Gasteiger partial charge in [0.2, 0.25) is 0 Å². The normalized spacial score (nSPS) is 16.7. The van der Waals surface area contributed by atoms with E-state index in [1.807, 2.05) is 4.90 Å². The van der Waals surface area contributed by atoms with Gasteiger partial charge >= 0.3 is 0 Å².